The summed E-state index contributed by atoms with van der Waals surface area (Å²) in [4.78, 5) is 39.7. The SMILES string of the molecule is CC(=O)O[C@H]1[C@@H]2[C@]3(O)CO[C@@H]3C[C@H](O)[C@@]2(C)C(=O)CC2=C(C)[C@@H](OC(=O)[C@H](O)[C@@H](C)C=C(C)C)C[C@]1(O)C2(C)C. The first-order valence-electron chi connectivity index (χ1n) is 14.0. The van der Waals surface area contributed by atoms with Crippen LogP contribution in [0.2, 0.25) is 0 Å². The number of ketones is 1. The van der Waals surface area contributed by atoms with Gasteiger partial charge in [0.2, 0.25) is 0 Å². The zero-order valence-corrected chi connectivity index (χ0v) is 24.7. The topological polar surface area (TPSA) is 160 Å². The van der Waals surface area contributed by atoms with Crippen molar-refractivity contribution in [3.05, 3.63) is 22.8 Å². The van der Waals surface area contributed by atoms with Crippen molar-refractivity contribution in [2.45, 2.75) is 116 Å². The van der Waals surface area contributed by atoms with E-state index in [0.717, 1.165) is 5.57 Å². The van der Waals surface area contributed by atoms with Gasteiger partial charge in [0, 0.05) is 43.4 Å². The van der Waals surface area contributed by atoms with Gasteiger partial charge in [-0.05, 0) is 33.3 Å². The highest BCUT2D eigenvalue weighted by molar-refractivity contribution is 5.89. The molecule has 4 N–H and O–H groups in total. The molecule has 0 aromatic rings. The summed E-state index contributed by atoms with van der Waals surface area (Å²) in [7, 11) is 0. The van der Waals surface area contributed by atoms with E-state index in [9.17, 15) is 34.8 Å². The predicted octanol–water partition coefficient (Wildman–Crippen LogP) is 1.76. The second-order valence-electron chi connectivity index (χ2n) is 13.3. The predicted molar refractivity (Wildman–Crippen MR) is 143 cm³/mol. The van der Waals surface area contributed by atoms with Crippen molar-refractivity contribution < 1.29 is 49.0 Å². The average Bonchev–Trinajstić information content (AvgIpc) is 2.84. The van der Waals surface area contributed by atoms with Gasteiger partial charge in [0.25, 0.3) is 0 Å². The highest BCUT2D eigenvalue weighted by atomic mass is 16.6. The Balaban J connectivity index is 1.87. The molecule has 0 amide bonds. The molecule has 0 unspecified atom stereocenters. The molecule has 40 heavy (non-hydrogen) atoms. The smallest absolute Gasteiger partial charge is 0.336 e. The highest BCUT2D eigenvalue weighted by Gasteiger charge is 2.75. The Labute approximate surface area is 235 Å². The Morgan fingerprint density at radius 2 is 1.75 bits per heavy atom. The maximum absolute atomic E-state index is 14.1. The molecule has 2 saturated carbocycles. The summed E-state index contributed by atoms with van der Waals surface area (Å²) in [6, 6.07) is 0. The van der Waals surface area contributed by atoms with E-state index in [2.05, 4.69) is 0 Å². The normalized spacial score (nSPS) is 41.7. The van der Waals surface area contributed by atoms with Crippen molar-refractivity contribution in [1.29, 1.82) is 0 Å². The Bertz CT molecular complexity index is 1150. The number of Topliss-reactive ketones (excluding diaryl/α,β-unsaturated/α-hetero) is 1. The lowest BCUT2D eigenvalue weighted by Gasteiger charge is -2.66. The molecule has 10 heteroatoms. The standard InChI is InChI=1S/C30H44O10/c1-14(2)9-15(3)23(34)26(35)40-19-12-30(37)25(39-17(5)31)24-28(8,21(33)11-22-29(24,36)13-38-22)20(32)10-18(16(19)4)27(30,6)7/h9,15,19,21-25,33-34,36-37H,10-13H2,1-8H3/t15-,19-,21-,22+,23+,24-,25-,28+,29-,30+/m0/s1. The van der Waals surface area contributed by atoms with E-state index in [1.54, 1.807) is 40.7 Å². The van der Waals surface area contributed by atoms with Crippen LogP contribution in [0.3, 0.4) is 0 Å². The largest absolute Gasteiger partial charge is 0.459 e. The van der Waals surface area contributed by atoms with Crippen LogP contribution in [0.25, 0.3) is 0 Å². The minimum absolute atomic E-state index is 0.0177. The average molecular weight is 565 g/mol. The van der Waals surface area contributed by atoms with Crippen molar-refractivity contribution in [1.82, 2.24) is 0 Å². The molecule has 224 valence electrons. The third-order valence-corrected chi connectivity index (χ3v) is 10.3. The van der Waals surface area contributed by atoms with E-state index < -0.39 is 76.3 Å². The zero-order chi connectivity index (χ0) is 30.2. The van der Waals surface area contributed by atoms with Crippen molar-refractivity contribution in [3.63, 3.8) is 0 Å². The molecule has 3 fully saturated rings. The fourth-order valence-electron chi connectivity index (χ4n) is 7.66. The number of rotatable bonds is 5. The van der Waals surface area contributed by atoms with Crippen LogP contribution in [0, 0.1) is 22.7 Å². The second-order valence-corrected chi connectivity index (χ2v) is 13.3. The van der Waals surface area contributed by atoms with Crippen molar-refractivity contribution >= 4 is 17.7 Å². The van der Waals surface area contributed by atoms with Gasteiger partial charge in [0.05, 0.1) is 24.2 Å². The van der Waals surface area contributed by atoms with E-state index in [-0.39, 0.29) is 31.7 Å². The maximum Gasteiger partial charge on any atom is 0.336 e. The Morgan fingerprint density at radius 1 is 1.12 bits per heavy atom. The van der Waals surface area contributed by atoms with Gasteiger partial charge in [0.1, 0.15) is 29.2 Å². The summed E-state index contributed by atoms with van der Waals surface area (Å²) in [6.45, 7) is 13.2. The van der Waals surface area contributed by atoms with Gasteiger partial charge < -0.3 is 34.6 Å². The maximum atomic E-state index is 14.1. The fraction of sp³-hybridized carbons (Fsp3) is 0.767. The number of carbonyl (C=O) groups is 3. The molecule has 1 saturated heterocycles. The summed E-state index contributed by atoms with van der Waals surface area (Å²) >= 11 is 0. The molecule has 10 nitrogen and oxygen atoms in total. The highest BCUT2D eigenvalue weighted by Crippen LogP contribution is 2.63. The fourth-order valence-corrected chi connectivity index (χ4v) is 7.66. The van der Waals surface area contributed by atoms with E-state index in [0.29, 0.717) is 11.1 Å². The molecule has 3 aliphatic carbocycles. The van der Waals surface area contributed by atoms with Gasteiger partial charge in [-0.15, -0.1) is 0 Å². The molecule has 0 aromatic carbocycles. The quantitative estimate of drug-likeness (QED) is 0.286. The second kappa shape index (κ2) is 10.0. The van der Waals surface area contributed by atoms with E-state index in [4.69, 9.17) is 14.2 Å². The number of aliphatic hydroxyl groups excluding tert-OH is 2. The molecular weight excluding hydrogens is 520 g/mol. The number of ether oxygens (including phenoxy) is 3. The molecule has 0 spiro atoms. The molecular formula is C30H44O10. The van der Waals surface area contributed by atoms with Gasteiger partial charge >= 0.3 is 11.9 Å². The lowest BCUT2D eigenvalue weighted by molar-refractivity contribution is -0.344. The van der Waals surface area contributed by atoms with Gasteiger partial charge in [-0.25, -0.2) is 4.79 Å². The number of aliphatic hydroxyl groups is 4. The number of carbonyl (C=O) groups excluding carboxylic acids is 3. The molecule has 0 aromatic heterocycles. The number of hydrogen-bond donors (Lipinski definition) is 4. The monoisotopic (exact) mass is 564 g/mol. The van der Waals surface area contributed by atoms with Crippen LogP contribution in [-0.2, 0) is 28.6 Å². The summed E-state index contributed by atoms with van der Waals surface area (Å²) in [5, 5.41) is 46.4. The Hall–Kier alpha value is -2.11. The van der Waals surface area contributed by atoms with Gasteiger partial charge in [-0.1, -0.05) is 38.0 Å². The minimum atomic E-state index is -1.94. The number of allylic oxidation sites excluding steroid dienone is 1. The van der Waals surface area contributed by atoms with Crippen LogP contribution >= 0.6 is 0 Å². The molecule has 0 radical (unpaired) electrons. The molecule has 4 aliphatic rings. The van der Waals surface area contributed by atoms with Gasteiger partial charge in [0.15, 0.2) is 6.10 Å². The lowest BCUT2D eigenvalue weighted by Crippen LogP contribution is -2.80. The third kappa shape index (κ3) is 4.38. The van der Waals surface area contributed by atoms with E-state index in [1.165, 1.54) is 6.92 Å². The van der Waals surface area contributed by atoms with Crippen LogP contribution in [0.5, 0.6) is 0 Å². The summed E-state index contributed by atoms with van der Waals surface area (Å²) in [5.41, 5.74) is -4.34. The lowest BCUT2D eigenvalue weighted by atomic mass is 9.45. The van der Waals surface area contributed by atoms with Crippen LogP contribution < -0.4 is 0 Å². The van der Waals surface area contributed by atoms with Gasteiger partial charge in [-0.2, -0.15) is 0 Å². The van der Waals surface area contributed by atoms with Crippen LogP contribution in [0.4, 0.5) is 0 Å². The first-order valence-corrected chi connectivity index (χ1v) is 14.0. The van der Waals surface area contributed by atoms with Crippen molar-refractivity contribution in [2.24, 2.45) is 22.7 Å². The first kappa shape index (κ1) is 30.8. The molecule has 1 aliphatic heterocycles. The zero-order valence-electron chi connectivity index (χ0n) is 24.7. The van der Waals surface area contributed by atoms with E-state index >= 15 is 0 Å². The van der Waals surface area contributed by atoms with Crippen LogP contribution in [0.1, 0.15) is 74.7 Å². The summed E-state index contributed by atoms with van der Waals surface area (Å²) in [5.74, 6) is -3.73. The van der Waals surface area contributed by atoms with Crippen molar-refractivity contribution in [2.75, 3.05) is 6.61 Å². The van der Waals surface area contributed by atoms with Crippen molar-refractivity contribution in [3.8, 4) is 0 Å². The molecule has 1 heterocycles. The minimum Gasteiger partial charge on any atom is -0.459 e. The summed E-state index contributed by atoms with van der Waals surface area (Å²) in [6.07, 6.45) is -4.62. The molecule has 10 atom stereocenters. The Morgan fingerprint density at radius 3 is 2.27 bits per heavy atom. The summed E-state index contributed by atoms with van der Waals surface area (Å²) < 4.78 is 17.2. The van der Waals surface area contributed by atoms with Gasteiger partial charge in [-0.3, -0.25) is 9.59 Å². The third-order valence-electron chi connectivity index (χ3n) is 10.3. The Kier molecular flexibility index (Phi) is 7.72. The first-order chi connectivity index (χ1) is 18.3. The van der Waals surface area contributed by atoms with Crippen LogP contribution in [0.15, 0.2) is 22.8 Å². The molecule has 2 bridgehead atoms. The number of esters is 2. The van der Waals surface area contributed by atoms with Crippen LogP contribution in [-0.4, -0.2) is 86.5 Å². The number of hydrogen-bond acceptors (Lipinski definition) is 10. The molecule has 4 rings (SSSR count). The number of fused-ring (bicyclic) bond motifs is 5. The van der Waals surface area contributed by atoms with E-state index in [1.807, 2.05) is 13.8 Å².